The first kappa shape index (κ1) is 11.8. The summed E-state index contributed by atoms with van der Waals surface area (Å²) in [7, 11) is 4.88. The summed E-state index contributed by atoms with van der Waals surface area (Å²) in [5.41, 5.74) is 1.01. The van der Waals surface area contributed by atoms with Crippen molar-refractivity contribution in [1.29, 1.82) is 0 Å². The third-order valence-corrected chi connectivity index (χ3v) is 2.09. The highest BCUT2D eigenvalue weighted by Gasteiger charge is 2.03. The van der Waals surface area contributed by atoms with Gasteiger partial charge >= 0.3 is 0 Å². The fraction of sp³-hybridized carbons (Fsp3) is 0.455. The predicted molar refractivity (Wildman–Crippen MR) is 59.3 cm³/mol. The molecule has 0 fully saturated rings. The number of rotatable bonds is 6. The van der Waals surface area contributed by atoms with E-state index < -0.39 is 0 Å². The molecule has 1 aromatic carbocycles. The van der Waals surface area contributed by atoms with Crippen molar-refractivity contribution in [2.45, 2.75) is 6.29 Å². The Morgan fingerprint density at radius 3 is 2.13 bits per heavy atom. The van der Waals surface area contributed by atoms with Crippen LogP contribution in [0, 0.1) is 0 Å². The lowest BCUT2D eigenvalue weighted by Crippen LogP contribution is -2.23. The number of nitrogens with one attached hydrogen (secondary N) is 1. The molecule has 0 bridgehead atoms. The van der Waals surface area contributed by atoms with E-state index in [9.17, 15) is 0 Å². The quantitative estimate of drug-likeness (QED) is 0.727. The van der Waals surface area contributed by atoms with Crippen LogP contribution in [-0.2, 0) is 9.47 Å². The molecule has 1 N–H and O–H groups in total. The van der Waals surface area contributed by atoms with Crippen molar-refractivity contribution in [3.63, 3.8) is 0 Å². The van der Waals surface area contributed by atoms with Crippen molar-refractivity contribution < 1.29 is 14.2 Å². The topological polar surface area (TPSA) is 39.7 Å². The Morgan fingerprint density at radius 2 is 1.67 bits per heavy atom. The maximum absolute atomic E-state index is 5.06. The first-order valence-electron chi connectivity index (χ1n) is 4.73. The van der Waals surface area contributed by atoms with Crippen LogP contribution in [0.5, 0.6) is 5.75 Å². The molecule has 4 nitrogen and oxygen atoms in total. The molecule has 0 heterocycles. The molecule has 4 heteroatoms. The minimum atomic E-state index is -0.230. The van der Waals surface area contributed by atoms with Crippen LogP contribution in [0.25, 0.3) is 0 Å². The summed E-state index contributed by atoms with van der Waals surface area (Å²) in [5.74, 6) is 0.843. The Morgan fingerprint density at radius 1 is 1.07 bits per heavy atom. The molecule has 0 saturated carbocycles. The van der Waals surface area contributed by atoms with Gasteiger partial charge in [0.05, 0.1) is 13.7 Å². The van der Waals surface area contributed by atoms with E-state index in [1.807, 2.05) is 24.3 Å². The Bertz CT molecular complexity index is 270. The van der Waals surface area contributed by atoms with Crippen LogP contribution < -0.4 is 10.1 Å². The Balaban J connectivity index is 2.43. The Kier molecular flexibility index (Phi) is 4.93. The van der Waals surface area contributed by atoms with Gasteiger partial charge in [0.25, 0.3) is 0 Å². The van der Waals surface area contributed by atoms with Crippen LogP contribution in [0.4, 0.5) is 5.69 Å². The van der Waals surface area contributed by atoms with Crippen LogP contribution in [0.15, 0.2) is 24.3 Å². The van der Waals surface area contributed by atoms with Gasteiger partial charge in [0.2, 0.25) is 0 Å². The molecule has 0 aromatic heterocycles. The van der Waals surface area contributed by atoms with E-state index in [0.29, 0.717) is 6.54 Å². The van der Waals surface area contributed by atoms with E-state index >= 15 is 0 Å². The van der Waals surface area contributed by atoms with Crippen molar-refractivity contribution in [2.75, 3.05) is 33.2 Å². The van der Waals surface area contributed by atoms with Crippen molar-refractivity contribution in [3.8, 4) is 5.75 Å². The molecule has 0 aliphatic rings. The molecule has 0 saturated heterocycles. The largest absolute Gasteiger partial charge is 0.497 e. The minimum Gasteiger partial charge on any atom is -0.497 e. The van der Waals surface area contributed by atoms with Crippen LogP contribution in [-0.4, -0.2) is 34.2 Å². The summed E-state index contributed by atoms with van der Waals surface area (Å²) in [6.07, 6.45) is -0.230. The lowest BCUT2D eigenvalue weighted by molar-refractivity contribution is -0.0914. The SMILES string of the molecule is COc1ccc(NCC(OC)OC)cc1. The molecule has 15 heavy (non-hydrogen) atoms. The summed E-state index contributed by atoms with van der Waals surface area (Å²) in [6, 6.07) is 7.69. The third-order valence-electron chi connectivity index (χ3n) is 2.09. The zero-order valence-electron chi connectivity index (χ0n) is 9.32. The number of ether oxygens (including phenoxy) is 3. The summed E-state index contributed by atoms with van der Waals surface area (Å²) in [6.45, 7) is 0.610. The van der Waals surface area contributed by atoms with Crippen molar-refractivity contribution >= 4 is 5.69 Å². The summed E-state index contributed by atoms with van der Waals surface area (Å²) in [5, 5.41) is 3.19. The van der Waals surface area contributed by atoms with Gasteiger partial charge < -0.3 is 19.5 Å². The number of methoxy groups -OCH3 is 3. The molecule has 84 valence electrons. The van der Waals surface area contributed by atoms with E-state index in [0.717, 1.165) is 11.4 Å². The highest BCUT2D eigenvalue weighted by atomic mass is 16.7. The molecule has 0 radical (unpaired) electrons. The van der Waals surface area contributed by atoms with Gasteiger partial charge in [0.1, 0.15) is 5.75 Å². The van der Waals surface area contributed by atoms with Gasteiger partial charge in [-0.1, -0.05) is 0 Å². The normalized spacial score (nSPS) is 10.4. The van der Waals surface area contributed by atoms with E-state index in [2.05, 4.69) is 5.32 Å². The van der Waals surface area contributed by atoms with Crippen LogP contribution in [0.2, 0.25) is 0 Å². The predicted octanol–water partition coefficient (Wildman–Crippen LogP) is 1.73. The second-order valence-electron chi connectivity index (χ2n) is 3.01. The maximum atomic E-state index is 5.06. The van der Waals surface area contributed by atoms with Gasteiger partial charge in [-0.15, -0.1) is 0 Å². The van der Waals surface area contributed by atoms with Crippen molar-refractivity contribution in [1.82, 2.24) is 0 Å². The number of benzene rings is 1. The summed E-state index contributed by atoms with van der Waals surface area (Å²) >= 11 is 0. The fourth-order valence-corrected chi connectivity index (χ4v) is 1.17. The molecule has 0 aliphatic carbocycles. The average Bonchev–Trinajstić information content (AvgIpc) is 2.31. The highest BCUT2D eigenvalue weighted by molar-refractivity contribution is 5.46. The lowest BCUT2D eigenvalue weighted by atomic mass is 10.3. The molecule has 0 unspecified atom stereocenters. The van der Waals surface area contributed by atoms with Gasteiger partial charge in [-0.3, -0.25) is 0 Å². The standard InChI is InChI=1S/C11H17NO3/c1-13-10-6-4-9(5-7-10)12-8-11(14-2)15-3/h4-7,11-12H,8H2,1-3H3. The molecule has 0 spiro atoms. The average molecular weight is 211 g/mol. The second-order valence-corrected chi connectivity index (χ2v) is 3.01. The molecule has 0 atom stereocenters. The number of anilines is 1. The maximum Gasteiger partial charge on any atom is 0.173 e. The molecule has 1 aromatic rings. The Labute approximate surface area is 90.1 Å². The van der Waals surface area contributed by atoms with E-state index in [1.54, 1.807) is 21.3 Å². The summed E-state index contributed by atoms with van der Waals surface area (Å²) in [4.78, 5) is 0. The van der Waals surface area contributed by atoms with Gasteiger partial charge in [0, 0.05) is 19.9 Å². The van der Waals surface area contributed by atoms with Gasteiger partial charge in [-0.25, -0.2) is 0 Å². The lowest BCUT2D eigenvalue weighted by Gasteiger charge is -2.14. The number of hydrogen-bond acceptors (Lipinski definition) is 4. The molecular formula is C11H17NO3. The van der Waals surface area contributed by atoms with Crippen molar-refractivity contribution in [3.05, 3.63) is 24.3 Å². The molecule has 0 amide bonds. The van der Waals surface area contributed by atoms with Crippen LogP contribution >= 0.6 is 0 Å². The van der Waals surface area contributed by atoms with E-state index in [-0.39, 0.29) is 6.29 Å². The highest BCUT2D eigenvalue weighted by Crippen LogP contribution is 2.14. The van der Waals surface area contributed by atoms with Crippen LogP contribution in [0.3, 0.4) is 0 Å². The van der Waals surface area contributed by atoms with Gasteiger partial charge in [0.15, 0.2) is 6.29 Å². The molecule has 1 rings (SSSR count). The Hall–Kier alpha value is -1.26. The van der Waals surface area contributed by atoms with Crippen molar-refractivity contribution in [2.24, 2.45) is 0 Å². The molecule has 0 aliphatic heterocycles. The summed E-state index contributed by atoms with van der Waals surface area (Å²) < 4.78 is 15.2. The third kappa shape index (κ3) is 3.77. The van der Waals surface area contributed by atoms with E-state index in [4.69, 9.17) is 14.2 Å². The monoisotopic (exact) mass is 211 g/mol. The van der Waals surface area contributed by atoms with E-state index in [1.165, 1.54) is 0 Å². The fourth-order valence-electron chi connectivity index (χ4n) is 1.17. The zero-order chi connectivity index (χ0) is 11.1. The first-order valence-corrected chi connectivity index (χ1v) is 4.73. The first-order chi connectivity index (χ1) is 7.30. The van der Waals surface area contributed by atoms with Gasteiger partial charge in [-0.05, 0) is 24.3 Å². The minimum absolute atomic E-state index is 0.230. The second kappa shape index (κ2) is 6.27. The smallest absolute Gasteiger partial charge is 0.173 e. The van der Waals surface area contributed by atoms with Gasteiger partial charge in [-0.2, -0.15) is 0 Å². The van der Waals surface area contributed by atoms with Crippen LogP contribution in [0.1, 0.15) is 0 Å². The molecular weight excluding hydrogens is 194 g/mol. The zero-order valence-corrected chi connectivity index (χ0v) is 9.32. The number of hydrogen-bond donors (Lipinski definition) is 1.